The number of nitrogens with zero attached hydrogens (tertiary/aromatic N) is 2. The Bertz CT molecular complexity index is 259. The lowest BCUT2D eigenvalue weighted by Gasteiger charge is -2.14. The fraction of sp³-hybridized carbons (Fsp3) is 0.750. The fourth-order valence-corrected chi connectivity index (χ4v) is 2.48. The summed E-state index contributed by atoms with van der Waals surface area (Å²) in [5.41, 5.74) is 0. The Balaban J connectivity index is 2.00. The Kier molecular flexibility index (Phi) is 6.57. The van der Waals surface area contributed by atoms with E-state index >= 15 is 0 Å². The van der Waals surface area contributed by atoms with Crippen LogP contribution in [0.15, 0.2) is 18.5 Å². The maximum absolute atomic E-state index is 4.17. The van der Waals surface area contributed by atoms with Crippen LogP contribution in [0.5, 0.6) is 0 Å². The minimum absolute atomic E-state index is 0.583. The SMILES string of the molecule is CC(C)CSCC(C)NCCn1cccn1. The van der Waals surface area contributed by atoms with Crippen LogP contribution in [0, 0.1) is 5.92 Å². The zero-order valence-corrected chi connectivity index (χ0v) is 11.3. The molecule has 16 heavy (non-hydrogen) atoms. The molecule has 0 aliphatic rings. The number of aromatic nitrogens is 2. The van der Waals surface area contributed by atoms with Gasteiger partial charge in [0.05, 0.1) is 6.54 Å². The van der Waals surface area contributed by atoms with Crippen molar-refractivity contribution in [1.29, 1.82) is 0 Å². The van der Waals surface area contributed by atoms with Crippen LogP contribution in [0.1, 0.15) is 20.8 Å². The van der Waals surface area contributed by atoms with Crippen LogP contribution in [0.25, 0.3) is 0 Å². The fourth-order valence-electron chi connectivity index (χ4n) is 1.40. The molecule has 0 saturated carbocycles. The summed E-state index contributed by atoms with van der Waals surface area (Å²) in [6.45, 7) is 8.72. The Morgan fingerprint density at radius 1 is 1.31 bits per heavy atom. The normalized spacial score (nSPS) is 13.2. The molecule has 0 aliphatic carbocycles. The molecule has 1 N–H and O–H groups in total. The van der Waals surface area contributed by atoms with E-state index in [0.29, 0.717) is 6.04 Å². The number of hydrogen-bond acceptors (Lipinski definition) is 3. The lowest BCUT2D eigenvalue weighted by atomic mass is 10.3. The topological polar surface area (TPSA) is 29.9 Å². The van der Waals surface area contributed by atoms with E-state index in [9.17, 15) is 0 Å². The highest BCUT2D eigenvalue weighted by Crippen LogP contribution is 2.08. The lowest BCUT2D eigenvalue weighted by Crippen LogP contribution is -2.31. The quantitative estimate of drug-likeness (QED) is 0.757. The van der Waals surface area contributed by atoms with E-state index in [0.717, 1.165) is 19.0 Å². The third-order valence-electron chi connectivity index (χ3n) is 2.21. The summed E-state index contributed by atoms with van der Waals surface area (Å²) in [6, 6.07) is 2.54. The molecule has 0 radical (unpaired) electrons. The van der Waals surface area contributed by atoms with Crippen LogP contribution < -0.4 is 5.32 Å². The van der Waals surface area contributed by atoms with E-state index in [2.05, 4.69) is 31.2 Å². The molecule has 0 amide bonds. The molecule has 1 atom stereocenters. The van der Waals surface area contributed by atoms with E-state index in [-0.39, 0.29) is 0 Å². The molecule has 0 fully saturated rings. The number of thioether (sulfide) groups is 1. The average molecular weight is 241 g/mol. The zero-order chi connectivity index (χ0) is 11.8. The molecule has 0 aliphatic heterocycles. The van der Waals surface area contributed by atoms with E-state index in [1.54, 1.807) is 0 Å². The second kappa shape index (κ2) is 7.74. The maximum atomic E-state index is 4.17. The molecule has 0 bridgehead atoms. The van der Waals surface area contributed by atoms with Gasteiger partial charge in [0, 0.05) is 30.7 Å². The van der Waals surface area contributed by atoms with Gasteiger partial charge in [-0.15, -0.1) is 0 Å². The van der Waals surface area contributed by atoms with Crippen LogP contribution in [-0.2, 0) is 6.54 Å². The minimum atomic E-state index is 0.583. The van der Waals surface area contributed by atoms with E-state index in [4.69, 9.17) is 0 Å². The van der Waals surface area contributed by atoms with Gasteiger partial charge in [-0.05, 0) is 24.7 Å². The zero-order valence-electron chi connectivity index (χ0n) is 10.5. The maximum Gasteiger partial charge on any atom is 0.0534 e. The summed E-state index contributed by atoms with van der Waals surface area (Å²) in [5.74, 6) is 3.24. The highest BCUT2D eigenvalue weighted by molar-refractivity contribution is 7.99. The Labute approximate surface area is 103 Å². The van der Waals surface area contributed by atoms with Crippen molar-refractivity contribution >= 4 is 11.8 Å². The highest BCUT2D eigenvalue weighted by Gasteiger charge is 2.02. The summed E-state index contributed by atoms with van der Waals surface area (Å²) in [4.78, 5) is 0. The van der Waals surface area contributed by atoms with Crippen LogP contribution in [0.2, 0.25) is 0 Å². The summed E-state index contributed by atoms with van der Waals surface area (Å²) >= 11 is 2.03. The second-order valence-electron chi connectivity index (χ2n) is 4.56. The average Bonchev–Trinajstić information content (AvgIpc) is 2.70. The van der Waals surface area contributed by atoms with Crippen LogP contribution in [-0.4, -0.2) is 33.9 Å². The minimum Gasteiger partial charge on any atom is -0.312 e. The van der Waals surface area contributed by atoms with Crippen LogP contribution in [0.4, 0.5) is 0 Å². The molecule has 1 aromatic heterocycles. The highest BCUT2D eigenvalue weighted by atomic mass is 32.2. The largest absolute Gasteiger partial charge is 0.312 e. The predicted molar refractivity (Wildman–Crippen MR) is 71.9 cm³/mol. The van der Waals surface area contributed by atoms with Gasteiger partial charge in [0.2, 0.25) is 0 Å². The second-order valence-corrected chi connectivity index (χ2v) is 5.63. The van der Waals surface area contributed by atoms with Crippen molar-refractivity contribution in [1.82, 2.24) is 15.1 Å². The van der Waals surface area contributed by atoms with Gasteiger partial charge in [-0.1, -0.05) is 13.8 Å². The van der Waals surface area contributed by atoms with Gasteiger partial charge < -0.3 is 5.32 Å². The smallest absolute Gasteiger partial charge is 0.0534 e. The molecule has 1 unspecified atom stereocenters. The first-order valence-corrected chi connectivity index (χ1v) is 7.12. The Hall–Kier alpha value is -0.480. The van der Waals surface area contributed by atoms with E-state index in [1.807, 2.05) is 34.9 Å². The molecule has 1 rings (SSSR count). The molecule has 4 heteroatoms. The van der Waals surface area contributed by atoms with Crippen molar-refractivity contribution in [2.75, 3.05) is 18.1 Å². The van der Waals surface area contributed by atoms with E-state index < -0.39 is 0 Å². The van der Waals surface area contributed by atoms with E-state index in [1.165, 1.54) is 11.5 Å². The van der Waals surface area contributed by atoms with Gasteiger partial charge >= 0.3 is 0 Å². The first-order chi connectivity index (χ1) is 7.68. The van der Waals surface area contributed by atoms with Crippen molar-refractivity contribution in [3.8, 4) is 0 Å². The summed E-state index contributed by atoms with van der Waals surface area (Å²) < 4.78 is 1.96. The van der Waals surface area contributed by atoms with Gasteiger partial charge in [0.15, 0.2) is 0 Å². The number of hydrogen-bond donors (Lipinski definition) is 1. The Morgan fingerprint density at radius 3 is 2.75 bits per heavy atom. The molecule has 92 valence electrons. The Morgan fingerprint density at radius 2 is 2.12 bits per heavy atom. The van der Waals surface area contributed by atoms with Gasteiger partial charge in [-0.2, -0.15) is 16.9 Å². The van der Waals surface area contributed by atoms with Gasteiger partial charge in [-0.3, -0.25) is 4.68 Å². The van der Waals surface area contributed by atoms with Crippen molar-refractivity contribution in [3.05, 3.63) is 18.5 Å². The third kappa shape index (κ3) is 6.18. The summed E-state index contributed by atoms with van der Waals surface area (Å²) in [7, 11) is 0. The molecule has 3 nitrogen and oxygen atoms in total. The molecular weight excluding hydrogens is 218 g/mol. The predicted octanol–water partition coefficient (Wildman–Crippen LogP) is 2.25. The molecule has 0 spiro atoms. The van der Waals surface area contributed by atoms with Gasteiger partial charge in [0.1, 0.15) is 0 Å². The molecule has 1 aromatic rings. The molecule has 1 heterocycles. The summed E-state index contributed by atoms with van der Waals surface area (Å²) in [5, 5.41) is 7.68. The summed E-state index contributed by atoms with van der Waals surface area (Å²) in [6.07, 6.45) is 3.82. The standard InChI is InChI=1S/C12H23N3S/c1-11(2)9-16-10-12(3)13-6-8-15-7-4-5-14-15/h4-5,7,11-13H,6,8-10H2,1-3H3. The van der Waals surface area contributed by atoms with Crippen LogP contribution >= 0.6 is 11.8 Å². The first-order valence-electron chi connectivity index (χ1n) is 5.97. The van der Waals surface area contributed by atoms with Crippen molar-refractivity contribution in [2.45, 2.75) is 33.4 Å². The number of rotatable bonds is 8. The third-order valence-corrected chi connectivity index (χ3v) is 3.85. The van der Waals surface area contributed by atoms with Gasteiger partial charge in [-0.25, -0.2) is 0 Å². The molecule has 0 saturated heterocycles. The molecular formula is C12H23N3S. The van der Waals surface area contributed by atoms with Crippen LogP contribution in [0.3, 0.4) is 0 Å². The lowest BCUT2D eigenvalue weighted by molar-refractivity contribution is 0.518. The van der Waals surface area contributed by atoms with Crippen molar-refractivity contribution in [2.24, 2.45) is 5.92 Å². The van der Waals surface area contributed by atoms with Gasteiger partial charge in [0.25, 0.3) is 0 Å². The first kappa shape index (κ1) is 13.6. The van der Waals surface area contributed by atoms with Crippen molar-refractivity contribution < 1.29 is 0 Å². The monoisotopic (exact) mass is 241 g/mol. The van der Waals surface area contributed by atoms with Crippen molar-refractivity contribution in [3.63, 3.8) is 0 Å². The number of nitrogens with one attached hydrogen (secondary N) is 1. The molecule has 0 aromatic carbocycles.